The summed E-state index contributed by atoms with van der Waals surface area (Å²) in [5, 5.41) is 2.29. The molecule has 2 fully saturated rings. The molecular weight excluding hydrogens is 338 g/mol. The maximum absolute atomic E-state index is 6.67. The average molecular weight is 376 g/mol. The van der Waals surface area contributed by atoms with Crippen LogP contribution >= 0.6 is 0 Å². The summed E-state index contributed by atoms with van der Waals surface area (Å²) in [5.41, 5.74) is 0.915. The summed E-state index contributed by atoms with van der Waals surface area (Å²) in [5.74, 6) is -0.480. The Hall–Kier alpha value is -0.940. The second-order valence-electron chi connectivity index (χ2n) is 8.92. The molecule has 27 heavy (non-hydrogen) atoms. The third-order valence-electron chi connectivity index (χ3n) is 6.50. The molecule has 1 spiro atoms. The van der Waals surface area contributed by atoms with Crippen LogP contribution in [0.1, 0.15) is 85.3 Å². The Bertz CT molecular complexity index is 613. The van der Waals surface area contributed by atoms with Crippen LogP contribution in [0.25, 0.3) is 0 Å². The summed E-state index contributed by atoms with van der Waals surface area (Å²) >= 11 is 0. The number of hydroxylamine groups is 2. The van der Waals surface area contributed by atoms with Gasteiger partial charge in [-0.2, -0.15) is 5.06 Å². The predicted octanol–water partition coefficient (Wildman–Crippen LogP) is 5.63. The topological polar surface area (TPSA) is 30.9 Å². The molecule has 4 heteroatoms. The third kappa shape index (κ3) is 3.95. The van der Waals surface area contributed by atoms with Crippen molar-refractivity contribution in [2.45, 2.75) is 103 Å². The summed E-state index contributed by atoms with van der Waals surface area (Å²) < 4.78 is 12.8. The van der Waals surface area contributed by atoms with Gasteiger partial charge in [-0.3, -0.25) is 4.84 Å². The zero-order valence-electron chi connectivity index (χ0n) is 18.0. The number of hydrogen-bond donors (Lipinski definition) is 0. The van der Waals surface area contributed by atoms with Crippen molar-refractivity contribution in [3.8, 4) is 0 Å². The summed E-state index contributed by atoms with van der Waals surface area (Å²) in [4.78, 5) is 6.67. The van der Waals surface area contributed by atoms with Gasteiger partial charge >= 0.3 is 0 Å². The Morgan fingerprint density at radius 2 is 1.78 bits per heavy atom. The lowest BCUT2D eigenvalue weighted by Crippen LogP contribution is -2.67. The smallest absolute Gasteiger partial charge is 0.172 e. The monoisotopic (exact) mass is 375 g/mol. The molecule has 3 unspecified atom stereocenters. The van der Waals surface area contributed by atoms with Crippen LogP contribution in [0.15, 0.2) is 30.3 Å². The van der Waals surface area contributed by atoms with Crippen molar-refractivity contribution in [3.05, 3.63) is 35.9 Å². The highest BCUT2D eigenvalue weighted by atomic mass is 16.7. The number of benzene rings is 1. The molecule has 0 radical (unpaired) electrons. The van der Waals surface area contributed by atoms with Gasteiger partial charge in [0.15, 0.2) is 5.79 Å². The molecule has 0 aromatic heterocycles. The standard InChI is InChI=1S/C23H37NO3/c1-7-20-15-25-23(26-20)16-21(5,6)24(22(8-2,9-3)17-23)27-18(4)19-13-11-10-12-14-19/h10-14,18,20H,7-9,15-17H2,1-6H3. The zero-order chi connectivity index (χ0) is 19.7. The highest BCUT2D eigenvalue weighted by Crippen LogP contribution is 2.52. The zero-order valence-corrected chi connectivity index (χ0v) is 18.0. The first kappa shape index (κ1) is 20.8. The molecule has 1 aromatic carbocycles. The van der Waals surface area contributed by atoms with Gasteiger partial charge in [0.25, 0.3) is 0 Å². The molecule has 0 amide bonds. The van der Waals surface area contributed by atoms with E-state index in [1.54, 1.807) is 0 Å². The van der Waals surface area contributed by atoms with E-state index in [1.807, 2.05) is 6.07 Å². The predicted molar refractivity (Wildman–Crippen MR) is 108 cm³/mol. The van der Waals surface area contributed by atoms with Crippen LogP contribution in [0.2, 0.25) is 0 Å². The van der Waals surface area contributed by atoms with Crippen molar-refractivity contribution in [1.29, 1.82) is 0 Å². The molecule has 0 N–H and O–H groups in total. The Morgan fingerprint density at radius 3 is 2.33 bits per heavy atom. The number of hydrogen-bond acceptors (Lipinski definition) is 4. The maximum atomic E-state index is 6.67. The molecule has 1 aromatic rings. The van der Waals surface area contributed by atoms with Crippen molar-refractivity contribution in [2.24, 2.45) is 0 Å². The highest BCUT2D eigenvalue weighted by Gasteiger charge is 2.59. The first-order chi connectivity index (χ1) is 12.8. The van der Waals surface area contributed by atoms with Gasteiger partial charge in [0.2, 0.25) is 0 Å². The maximum Gasteiger partial charge on any atom is 0.172 e. The van der Waals surface area contributed by atoms with E-state index in [1.165, 1.54) is 5.56 Å². The van der Waals surface area contributed by atoms with Crippen LogP contribution in [-0.4, -0.2) is 34.6 Å². The molecule has 2 heterocycles. The van der Waals surface area contributed by atoms with Gasteiger partial charge in [0, 0.05) is 18.4 Å². The van der Waals surface area contributed by atoms with Crippen LogP contribution in [-0.2, 0) is 14.3 Å². The summed E-state index contributed by atoms with van der Waals surface area (Å²) in [7, 11) is 0. The van der Waals surface area contributed by atoms with E-state index in [4.69, 9.17) is 14.3 Å². The Kier molecular flexibility index (Phi) is 6.02. The number of piperidine rings is 1. The molecule has 152 valence electrons. The minimum absolute atomic E-state index is 0.00538. The van der Waals surface area contributed by atoms with Crippen molar-refractivity contribution in [1.82, 2.24) is 5.06 Å². The van der Waals surface area contributed by atoms with Crippen molar-refractivity contribution >= 4 is 0 Å². The first-order valence-corrected chi connectivity index (χ1v) is 10.6. The minimum atomic E-state index is -0.480. The van der Waals surface area contributed by atoms with Gasteiger partial charge in [-0.15, -0.1) is 0 Å². The molecule has 2 saturated heterocycles. The number of nitrogens with zero attached hydrogens (tertiary/aromatic N) is 1. The Balaban J connectivity index is 1.88. The molecule has 2 aliphatic rings. The first-order valence-electron chi connectivity index (χ1n) is 10.6. The summed E-state index contributed by atoms with van der Waals surface area (Å²) in [6.07, 6.45) is 4.89. The second kappa shape index (κ2) is 7.82. The summed E-state index contributed by atoms with van der Waals surface area (Å²) in [6.45, 7) is 14.1. The number of rotatable bonds is 6. The van der Waals surface area contributed by atoms with Gasteiger partial charge in [-0.25, -0.2) is 0 Å². The quantitative estimate of drug-likeness (QED) is 0.644. The van der Waals surface area contributed by atoms with Crippen molar-refractivity contribution in [2.75, 3.05) is 6.61 Å². The van der Waals surface area contributed by atoms with E-state index in [0.29, 0.717) is 6.61 Å². The van der Waals surface area contributed by atoms with E-state index >= 15 is 0 Å². The van der Waals surface area contributed by atoms with Gasteiger partial charge in [0.05, 0.1) is 18.2 Å². The van der Waals surface area contributed by atoms with Gasteiger partial charge in [-0.1, -0.05) is 51.1 Å². The fourth-order valence-electron chi connectivity index (χ4n) is 5.00. The fourth-order valence-corrected chi connectivity index (χ4v) is 5.00. The normalized spacial score (nSPS) is 31.3. The fraction of sp³-hybridized carbons (Fsp3) is 0.739. The second-order valence-corrected chi connectivity index (χ2v) is 8.92. The third-order valence-corrected chi connectivity index (χ3v) is 6.50. The van der Waals surface area contributed by atoms with Crippen molar-refractivity contribution < 1.29 is 14.3 Å². The van der Waals surface area contributed by atoms with E-state index in [-0.39, 0.29) is 23.3 Å². The Labute approximate surface area is 165 Å². The molecule has 3 atom stereocenters. The van der Waals surface area contributed by atoms with Gasteiger partial charge < -0.3 is 9.47 Å². The lowest BCUT2D eigenvalue weighted by atomic mass is 9.73. The average Bonchev–Trinajstić information content (AvgIpc) is 3.06. The van der Waals surface area contributed by atoms with E-state index in [2.05, 4.69) is 70.9 Å². The van der Waals surface area contributed by atoms with E-state index < -0.39 is 5.79 Å². The van der Waals surface area contributed by atoms with Crippen LogP contribution in [0.5, 0.6) is 0 Å². The molecular formula is C23H37NO3. The molecule has 0 saturated carbocycles. The van der Waals surface area contributed by atoms with Crippen LogP contribution in [0.3, 0.4) is 0 Å². The SMILES string of the molecule is CCC1COC2(CC(C)(C)N(OC(C)c3ccccc3)C(CC)(CC)C2)O1. The van der Waals surface area contributed by atoms with Crippen LogP contribution in [0, 0.1) is 0 Å². The van der Waals surface area contributed by atoms with Gasteiger partial charge in [-0.05, 0) is 45.6 Å². The van der Waals surface area contributed by atoms with Crippen LogP contribution in [0.4, 0.5) is 0 Å². The highest BCUT2D eigenvalue weighted by molar-refractivity contribution is 5.17. The van der Waals surface area contributed by atoms with Crippen LogP contribution < -0.4 is 0 Å². The lowest BCUT2D eigenvalue weighted by molar-refractivity contribution is -0.359. The van der Waals surface area contributed by atoms with E-state index in [9.17, 15) is 0 Å². The molecule has 3 rings (SSSR count). The summed E-state index contributed by atoms with van der Waals surface area (Å²) in [6, 6.07) is 10.5. The van der Waals surface area contributed by atoms with E-state index in [0.717, 1.165) is 32.1 Å². The lowest BCUT2D eigenvalue weighted by Gasteiger charge is -2.59. The largest absolute Gasteiger partial charge is 0.347 e. The molecule has 0 aliphatic carbocycles. The van der Waals surface area contributed by atoms with Crippen molar-refractivity contribution in [3.63, 3.8) is 0 Å². The molecule has 4 nitrogen and oxygen atoms in total. The minimum Gasteiger partial charge on any atom is -0.347 e. The molecule has 0 bridgehead atoms. The Morgan fingerprint density at radius 1 is 1.11 bits per heavy atom. The molecule has 2 aliphatic heterocycles. The number of ether oxygens (including phenoxy) is 2. The van der Waals surface area contributed by atoms with Gasteiger partial charge in [0.1, 0.15) is 6.10 Å².